The monoisotopic (exact) mass is 269 g/mol. The van der Waals surface area contributed by atoms with Gasteiger partial charge in [0.05, 0.1) is 11.6 Å². The van der Waals surface area contributed by atoms with E-state index < -0.39 is 0 Å². The van der Waals surface area contributed by atoms with Crippen LogP contribution in [-0.4, -0.2) is 11.5 Å². The van der Waals surface area contributed by atoms with Crippen molar-refractivity contribution in [3.8, 4) is 6.07 Å². The highest BCUT2D eigenvalue weighted by Crippen LogP contribution is 2.36. The summed E-state index contributed by atoms with van der Waals surface area (Å²) in [7, 11) is 0. The van der Waals surface area contributed by atoms with Gasteiger partial charge in [-0.15, -0.1) is 11.3 Å². The molecule has 0 N–H and O–H groups in total. The lowest BCUT2D eigenvalue weighted by Gasteiger charge is -2.35. The second-order valence-corrected chi connectivity index (χ2v) is 5.86. The molecule has 0 aliphatic carbocycles. The van der Waals surface area contributed by atoms with E-state index in [1.807, 2.05) is 24.3 Å². The highest BCUT2D eigenvalue weighted by molar-refractivity contribution is 7.10. The standard InChI is InChI=1S/C15H15N3S/c1-10-3-6-17-15(13(10)9-16)18-7-4-14-12(11(18)2)5-8-19-14/h3,5-6,8,11H,4,7H2,1-2H3. The number of rotatable bonds is 1. The molecule has 0 saturated carbocycles. The molecule has 0 amide bonds. The van der Waals surface area contributed by atoms with Crippen LogP contribution in [0.4, 0.5) is 5.82 Å². The summed E-state index contributed by atoms with van der Waals surface area (Å²) in [5.74, 6) is 0.826. The predicted molar refractivity (Wildman–Crippen MR) is 77.5 cm³/mol. The van der Waals surface area contributed by atoms with E-state index >= 15 is 0 Å². The summed E-state index contributed by atoms with van der Waals surface area (Å²) in [6, 6.07) is 6.67. The van der Waals surface area contributed by atoms with Crippen LogP contribution < -0.4 is 4.90 Å². The van der Waals surface area contributed by atoms with Gasteiger partial charge in [0, 0.05) is 17.6 Å². The average molecular weight is 269 g/mol. The number of pyridine rings is 1. The lowest BCUT2D eigenvalue weighted by Crippen LogP contribution is -2.34. The van der Waals surface area contributed by atoms with Gasteiger partial charge in [-0.3, -0.25) is 0 Å². The highest BCUT2D eigenvalue weighted by atomic mass is 32.1. The fourth-order valence-electron chi connectivity index (χ4n) is 2.70. The molecule has 4 heteroatoms. The maximum Gasteiger partial charge on any atom is 0.147 e. The number of fused-ring (bicyclic) bond motifs is 1. The van der Waals surface area contributed by atoms with E-state index in [9.17, 15) is 5.26 Å². The molecule has 3 nitrogen and oxygen atoms in total. The smallest absolute Gasteiger partial charge is 0.147 e. The quantitative estimate of drug-likeness (QED) is 0.796. The Labute approximate surface area is 117 Å². The Balaban J connectivity index is 2.06. The minimum Gasteiger partial charge on any atom is -0.348 e. The molecule has 19 heavy (non-hydrogen) atoms. The zero-order valence-corrected chi connectivity index (χ0v) is 11.9. The molecule has 3 heterocycles. The average Bonchev–Trinajstić information content (AvgIpc) is 2.88. The molecule has 0 fully saturated rings. The summed E-state index contributed by atoms with van der Waals surface area (Å²) in [4.78, 5) is 8.17. The minimum atomic E-state index is 0.288. The zero-order chi connectivity index (χ0) is 13.4. The van der Waals surface area contributed by atoms with Gasteiger partial charge in [0.25, 0.3) is 0 Å². The molecule has 2 aromatic heterocycles. The maximum atomic E-state index is 9.36. The lowest BCUT2D eigenvalue weighted by molar-refractivity contribution is 0.624. The van der Waals surface area contributed by atoms with Crippen molar-refractivity contribution in [2.45, 2.75) is 26.3 Å². The fraction of sp³-hybridized carbons (Fsp3) is 0.333. The Bertz CT molecular complexity index is 654. The van der Waals surface area contributed by atoms with Crippen LogP contribution in [0.5, 0.6) is 0 Å². The first-order valence-corrected chi connectivity index (χ1v) is 7.29. The van der Waals surface area contributed by atoms with Crippen LogP contribution in [0, 0.1) is 18.3 Å². The number of aromatic nitrogens is 1. The van der Waals surface area contributed by atoms with E-state index in [0.717, 1.165) is 24.3 Å². The zero-order valence-electron chi connectivity index (χ0n) is 11.1. The second kappa shape index (κ2) is 4.67. The van der Waals surface area contributed by atoms with Crippen LogP contribution in [0.15, 0.2) is 23.7 Å². The summed E-state index contributed by atoms with van der Waals surface area (Å²) in [6.45, 7) is 5.09. The number of aryl methyl sites for hydroxylation is 1. The Hall–Kier alpha value is -1.86. The fourth-order valence-corrected chi connectivity index (χ4v) is 3.66. The Kier molecular flexibility index (Phi) is 3.00. The SMILES string of the molecule is Cc1ccnc(N2CCc3sccc3C2C)c1C#N. The van der Waals surface area contributed by atoms with Gasteiger partial charge in [0.15, 0.2) is 0 Å². The summed E-state index contributed by atoms with van der Waals surface area (Å²) in [6.07, 6.45) is 2.83. The van der Waals surface area contributed by atoms with E-state index in [1.54, 1.807) is 6.20 Å². The van der Waals surface area contributed by atoms with Crippen molar-refractivity contribution in [1.82, 2.24) is 4.98 Å². The molecule has 0 saturated heterocycles. The summed E-state index contributed by atoms with van der Waals surface area (Å²) in [5.41, 5.74) is 3.08. The summed E-state index contributed by atoms with van der Waals surface area (Å²) >= 11 is 1.83. The molecule has 0 aromatic carbocycles. The van der Waals surface area contributed by atoms with Gasteiger partial charge in [0.1, 0.15) is 11.9 Å². The van der Waals surface area contributed by atoms with Gasteiger partial charge in [-0.25, -0.2) is 4.98 Å². The third-order valence-electron chi connectivity index (χ3n) is 3.80. The van der Waals surface area contributed by atoms with Gasteiger partial charge in [-0.05, 0) is 48.9 Å². The van der Waals surface area contributed by atoms with Crippen molar-refractivity contribution in [2.75, 3.05) is 11.4 Å². The first kappa shape index (κ1) is 12.2. The minimum absolute atomic E-state index is 0.288. The topological polar surface area (TPSA) is 39.9 Å². The summed E-state index contributed by atoms with van der Waals surface area (Å²) in [5, 5.41) is 11.5. The van der Waals surface area contributed by atoms with Gasteiger partial charge < -0.3 is 4.90 Å². The number of anilines is 1. The predicted octanol–water partition coefficient (Wildman–Crippen LogP) is 3.45. The van der Waals surface area contributed by atoms with E-state index in [-0.39, 0.29) is 6.04 Å². The first-order valence-electron chi connectivity index (χ1n) is 6.41. The van der Waals surface area contributed by atoms with Crippen molar-refractivity contribution in [2.24, 2.45) is 0 Å². The normalized spacial score (nSPS) is 17.9. The maximum absolute atomic E-state index is 9.36. The Morgan fingerprint density at radius 3 is 3.11 bits per heavy atom. The van der Waals surface area contributed by atoms with E-state index in [4.69, 9.17) is 0 Å². The third-order valence-corrected chi connectivity index (χ3v) is 4.80. The number of nitrogens with zero attached hydrogens (tertiary/aromatic N) is 3. The molecule has 96 valence electrons. The van der Waals surface area contributed by atoms with Crippen molar-refractivity contribution in [3.63, 3.8) is 0 Å². The number of nitriles is 1. The van der Waals surface area contributed by atoms with Crippen LogP contribution in [0.2, 0.25) is 0 Å². The number of thiophene rings is 1. The van der Waals surface area contributed by atoms with Crippen molar-refractivity contribution in [3.05, 3.63) is 45.3 Å². The van der Waals surface area contributed by atoms with Crippen molar-refractivity contribution in [1.29, 1.82) is 5.26 Å². The molecule has 1 atom stereocenters. The van der Waals surface area contributed by atoms with Crippen LogP contribution in [0.25, 0.3) is 0 Å². The van der Waals surface area contributed by atoms with E-state index in [2.05, 4.69) is 34.3 Å². The number of hydrogen-bond donors (Lipinski definition) is 0. The molecule has 0 spiro atoms. The molecule has 1 aliphatic heterocycles. The van der Waals surface area contributed by atoms with Crippen LogP contribution >= 0.6 is 11.3 Å². The largest absolute Gasteiger partial charge is 0.348 e. The number of hydrogen-bond acceptors (Lipinski definition) is 4. The molecule has 3 rings (SSSR count). The van der Waals surface area contributed by atoms with Gasteiger partial charge in [-0.2, -0.15) is 5.26 Å². The molecule has 0 radical (unpaired) electrons. The van der Waals surface area contributed by atoms with Crippen LogP contribution in [-0.2, 0) is 6.42 Å². The highest BCUT2D eigenvalue weighted by Gasteiger charge is 2.27. The molecule has 1 aliphatic rings. The van der Waals surface area contributed by atoms with Crippen LogP contribution in [0.1, 0.15) is 34.5 Å². The van der Waals surface area contributed by atoms with Gasteiger partial charge in [-0.1, -0.05) is 0 Å². The van der Waals surface area contributed by atoms with Crippen molar-refractivity contribution < 1.29 is 0 Å². The molecular weight excluding hydrogens is 254 g/mol. The third kappa shape index (κ3) is 1.91. The second-order valence-electron chi connectivity index (χ2n) is 4.86. The van der Waals surface area contributed by atoms with Crippen LogP contribution in [0.3, 0.4) is 0 Å². The van der Waals surface area contributed by atoms with Gasteiger partial charge >= 0.3 is 0 Å². The Morgan fingerprint density at radius 1 is 1.47 bits per heavy atom. The first-order chi connectivity index (χ1) is 9.22. The summed E-state index contributed by atoms with van der Waals surface area (Å²) < 4.78 is 0. The molecule has 2 aromatic rings. The van der Waals surface area contributed by atoms with Crippen molar-refractivity contribution >= 4 is 17.2 Å². The molecule has 1 unspecified atom stereocenters. The molecular formula is C15H15N3S. The lowest BCUT2D eigenvalue weighted by atomic mass is 10.0. The van der Waals surface area contributed by atoms with Gasteiger partial charge in [0.2, 0.25) is 0 Å². The van der Waals surface area contributed by atoms with E-state index in [0.29, 0.717) is 5.56 Å². The Morgan fingerprint density at radius 2 is 2.32 bits per heavy atom. The van der Waals surface area contributed by atoms with E-state index in [1.165, 1.54) is 10.4 Å². The molecule has 0 bridgehead atoms.